The normalized spacial score (nSPS) is 19.0. The van der Waals surface area contributed by atoms with E-state index in [2.05, 4.69) is 10.6 Å². The Morgan fingerprint density at radius 2 is 1.79 bits per heavy atom. The fraction of sp³-hybridized carbons (Fsp3) is 0.250. The summed E-state index contributed by atoms with van der Waals surface area (Å²) >= 11 is 0. The summed E-state index contributed by atoms with van der Waals surface area (Å²) in [4.78, 5) is 26.2. The van der Waals surface area contributed by atoms with E-state index in [0.29, 0.717) is 17.6 Å². The lowest BCUT2D eigenvalue weighted by Crippen LogP contribution is -2.35. The molecule has 4 rings (SSSR count). The number of phenolic OH excluding ortho intramolecular Hbond substituents is 1. The van der Waals surface area contributed by atoms with E-state index in [0.717, 1.165) is 41.1 Å². The first-order valence-corrected chi connectivity index (χ1v) is 9.85. The van der Waals surface area contributed by atoms with Gasteiger partial charge in [0.2, 0.25) is 0 Å². The molecule has 5 heteroatoms. The summed E-state index contributed by atoms with van der Waals surface area (Å²) in [6, 6.07) is 14.4. The van der Waals surface area contributed by atoms with Gasteiger partial charge in [0.05, 0.1) is 0 Å². The molecule has 0 saturated carbocycles. The summed E-state index contributed by atoms with van der Waals surface area (Å²) in [5.74, 6) is -0.458. The fourth-order valence-electron chi connectivity index (χ4n) is 4.19. The number of anilines is 1. The molecule has 1 heterocycles. The highest BCUT2D eigenvalue weighted by molar-refractivity contribution is 6.10. The van der Waals surface area contributed by atoms with Crippen LogP contribution in [0.5, 0.6) is 5.75 Å². The number of dihydropyridines is 1. The van der Waals surface area contributed by atoms with Crippen LogP contribution in [0.25, 0.3) is 0 Å². The second-order valence-electron chi connectivity index (χ2n) is 7.63. The number of benzene rings is 2. The number of nitrogens with one attached hydrogen (secondary N) is 2. The van der Waals surface area contributed by atoms with Crippen molar-refractivity contribution < 1.29 is 14.7 Å². The zero-order valence-corrected chi connectivity index (χ0v) is 16.6. The van der Waals surface area contributed by atoms with Crippen LogP contribution < -0.4 is 10.6 Å². The van der Waals surface area contributed by atoms with E-state index in [1.54, 1.807) is 24.3 Å². The molecule has 2 aromatic carbocycles. The number of carbonyl (C=O) groups is 2. The zero-order valence-electron chi connectivity index (χ0n) is 16.6. The lowest BCUT2D eigenvalue weighted by atomic mass is 9.75. The first-order valence-electron chi connectivity index (χ1n) is 9.85. The molecule has 0 saturated heterocycles. The number of ketones is 1. The summed E-state index contributed by atoms with van der Waals surface area (Å²) in [7, 11) is 0. The molecule has 2 aromatic rings. The maximum Gasteiger partial charge on any atom is 0.254 e. The molecule has 0 unspecified atom stereocenters. The minimum absolute atomic E-state index is 0.0746. The number of amides is 1. The smallest absolute Gasteiger partial charge is 0.254 e. The Morgan fingerprint density at radius 3 is 2.52 bits per heavy atom. The van der Waals surface area contributed by atoms with Crippen molar-refractivity contribution in [1.82, 2.24) is 5.32 Å². The Kier molecular flexibility index (Phi) is 4.97. The number of Topliss-reactive ketones (excluding diaryl/α,β-unsaturated/α-hetero) is 1. The minimum atomic E-state index is -0.455. The quantitative estimate of drug-likeness (QED) is 0.732. The molecule has 5 nitrogen and oxygen atoms in total. The Hall–Kier alpha value is -3.34. The predicted molar refractivity (Wildman–Crippen MR) is 112 cm³/mol. The number of hydrogen-bond acceptors (Lipinski definition) is 4. The van der Waals surface area contributed by atoms with Crippen molar-refractivity contribution >= 4 is 17.4 Å². The maximum atomic E-state index is 13.4. The highest BCUT2D eigenvalue weighted by Gasteiger charge is 2.38. The molecular formula is C24H24N2O3. The number of aryl methyl sites for hydroxylation is 1. The molecule has 2 aliphatic rings. The molecule has 148 valence electrons. The Morgan fingerprint density at radius 1 is 1.07 bits per heavy atom. The number of allylic oxidation sites excluding steroid dienone is 3. The highest BCUT2D eigenvalue weighted by Crippen LogP contribution is 2.42. The molecule has 0 bridgehead atoms. The largest absolute Gasteiger partial charge is 0.508 e. The van der Waals surface area contributed by atoms with Crippen LogP contribution >= 0.6 is 0 Å². The number of aromatic hydroxyl groups is 1. The standard InChI is InChI=1S/C24H24N2O3/c1-14-6-3-4-7-18(14)26-24(29)21-15(2)25-19-8-5-9-20(28)23(19)22(21)16-10-12-17(27)13-11-16/h3-4,6-7,10-13,22,25,27H,5,8-9H2,1-2H3,(H,26,29)/t22-/m1/s1. The fourth-order valence-corrected chi connectivity index (χ4v) is 4.19. The lowest BCUT2D eigenvalue weighted by Gasteiger charge is -2.34. The predicted octanol–water partition coefficient (Wildman–Crippen LogP) is 4.31. The Bertz CT molecular complexity index is 1050. The topological polar surface area (TPSA) is 78.4 Å². The number of hydrogen-bond donors (Lipinski definition) is 3. The Balaban J connectivity index is 1.79. The van der Waals surface area contributed by atoms with Crippen LogP contribution in [-0.2, 0) is 9.59 Å². The molecule has 0 fully saturated rings. The van der Waals surface area contributed by atoms with Crippen LogP contribution in [0, 0.1) is 6.92 Å². The van der Waals surface area contributed by atoms with Gasteiger partial charge < -0.3 is 15.7 Å². The lowest BCUT2D eigenvalue weighted by molar-refractivity contribution is -0.116. The van der Waals surface area contributed by atoms with Crippen molar-refractivity contribution in [3.8, 4) is 5.75 Å². The van der Waals surface area contributed by atoms with E-state index >= 15 is 0 Å². The van der Waals surface area contributed by atoms with Crippen LogP contribution in [0.1, 0.15) is 43.2 Å². The van der Waals surface area contributed by atoms with Crippen molar-refractivity contribution in [3.05, 3.63) is 82.2 Å². The number of carbonyl (C=O) groups excluding carboxylic acids is 2. The minimum Gasteiger partial charge on any atom is -0.508 e. The summed E-state index contributed by atoms with van der Waals surface area (Å²) in [5, 5.41) is 16.0. The van der Waals surface area contributed by atoms with E-state index in [1.807, 2.05) is 38.1 Å². The van der Waals surface area contributed by atoms with E-state index in [9.17, 15) is 14.7 Å². The van der Waals surface area contributed by atoms with Crippen molar-refractivity contribution in [2.45, 2.75) is 39.0 Å². The molecule has 1 aliphatic carbocycles. The van der Waals surface area contributed by atoms with E-state index in [4.69, 9.17) is 0 Å². The molecule has 3 N–H and O–H groups in total. The SMILES string of the molecule is CC1=C(C(=O)Nc2ccccc2C)[C@@H](c2ccc(O)cc2)C2=C(CCCC2=O)N1. The molecule has 0 radical (unpaired) electrons. The number of para-hydroxylation sites is 1. The first-order chi connectivity index (χ1) is 14.0. The van der Waals surface area contributed by atoms with Crippen molar-refractivity contribution in [1.29, 1.82) is 0 Å². The van der Waals surface area contributed by atoms with Gasteiger partial charge in [-0.25, -0.2) is 0 Å². The second-order valence-corrected chi connectivity index (χ2v) is 7.63. The van der Waals surface area contributed by atoms with Gasteiger partial charge in [0.15, 0.2) is 5.78 Å². The molecular weight excluding hydrogens is 364 g/mol. The molecule has 1 atom stereocenters. The van der Waals surface area contributed by atoms with E-state index in [-0.39, 0.29) is 17.4 Å². The Labute approximate surface area is 170 Å². The van der Waals surface area contributed by atoms with Crippen LogP contribution in [0.3, 0.4) is 0 Å². The molecule has 0 aromatic heterocycles. The molecule has 1 amide bonds. The summed E-state index contributed by atoms with van der Waals surface area (Å²) < 4.78 is 0. The van der Waals surface area contributed by atoms with Gasteiger partial charge in [0, 0.05) is 40.6 Å². The van der Waals surface area contributed by atoms with Crippen molar-refractivity contribution in [2.75, 3.05) is 5.32 Å². The van der Waals surface area contributed by atoms with Gasteiger partial charge in [0.1, 0.15) is 5.75 Å². The zero-order chi connectivity index (χ0) is 20.5. The molecule has 29 heavy (non-hydrogen) atoms. The third kappa shape index (κ3) is 3.56. The average Bonchev–Trinajstić information content (AvgIpc) is 2.69. The van der Waals surface area contributed by atoms with Gasteiger partial charge in [-0.15, -0.1) is 0 Å². The number of phenols is 1. The van der Waals surface area contributed by atoms with Crippen LogP contribution in [-0.4, -0.2) is 16.8 Å². The van der Waals surface area contributed by atoms with Gasteiger partial charge in [-0.1, -0.05) is 30.3 Å². The van der Waals surface area contributed by atoms with E-state index < -0.39 is 5.92 Å². The van der Waals surface area contributed by atoms with Crippen LogP contribution in [0.2, 0.25) is 0 Å². The maximum absolute atomic E-state index is 13.4. The van der Waals surface area contributed by atoms with Crippen molar-refractivity contribution in [2.24, 2.45) is 0 Å². The van der Waals surface area contributed by atoms with Crippen LogP contribution in [0.15, 0.2) is 71.1 Å². The van der Waals surface area contributed by atoms with Gasteiger partial charge in [-0.3, -0.25) is 9.59 Å². The third-order valence-corrected chi connectivity index (χ3v) is 5.64. The second kappa shape index (κ2) is 7.59. The average molecular weight is 388 g/mol. The molecule has 0 spiro atoms. The molecule has 1 aliphatic heterocycles. The van der Waals surface area contributed by atoms with Gasteiger partial charge >= 0.3 is 0 Å². The first kappa shape index (κ1) is 19.0. The monoisotopic (exact) mass is 388 g/mol. The summed E-state index contributed by atoms with van der Waals surface area (Å²) in [6.45, 7) is 3.82. The third-order valence-electron chi connectivity index (χ3n) is 5.64. The highest BCUT2D eigenvalue weighted by atomic mass is 16.3. The summed E-state index contributed by atoms with van der Waals surface area (Å²) in [6.07, 6.45) is 2.09. The summed E-state index contributed by atoms with van der Waals surface area (Å²) in [5.41, 5.74) is 5.40. The van der Waals surface area contributed by atoms with Gasteiger partial charge in [-0.05, 0) is 56.0 Å². The van der Waals surface area contributed by atoms with Gasteiger partial charge in [0.25, 0.3) is 5.91 Å². The van der Waals surface area contributed by atoms with Crippen LogP contribution in [0.4, 0.5) is 5.69 Å². The number of rotatable bonds is 3. The van der Waals surface area contributed by atoms with E-state index in [1.165, 1.54) is 0 Å². The van der Waals surface area contributed by atoms with Crippen molar-refractivity contribution in [3.63, 3.8) is 0 Å². The van der Waals surface area contributed by atoms with Gasteiger partial charge in [-0.2, -0.15) is 0 Å².